The molecule has 1 saturated carbocycles. The molecule has 1 aromatic rings. The Bertz CT molecular complexity index is 652. The molecular formula is C17H26N2O4S. The molecule has 0 unspecified atom stereocenters. The van der Waals surface area contributed by atoms with Gasteiger partial charge in [0.25, 0.3) is 5.91 Å². The van der Waals surface area contributed by atoms with Gasteiger partial charge in [0.2, 0.25) is 10.0 Å². The summed E-state index contributed by atoms with van der Waals surface area (Å²) >= 11 is 0. The molecule has 1 aromatic carbocycles. The topological polar surface area (TPSA) is 66.9 Å². The lowest BCUT2D eigenvalue weighted by atomic mass is 10.2. The van der Waals surface area contributed by atoms with Crippen molar-refractivity contribution in [2.75, 3.05) is 27.0 Å². The summed E-state index contributed by atoms with van der Waals surface area (Å²) in [5.41, 5.74) is 0.865. The predicted molar refractivity (Wildman–Crippen MR) is 93.3 cm³/mol. The number of carbonyl (C=O) groups excluding carboxylic acids is 1. The van der Waals surface area contributed by atoms with E-state index in [0.29, 0.717) is 18.3 Å². The van der Waals surface area contributed by atoms with Crippen LogP contribution >= 0.6 is 0 Å². The van der Waals surface area contributed by atoms with E-state index in [1.54, 1.807) is 17.0 Å². The van der Waals surface area contributed by atoms with Crippen molar-refractivity contribution in [1.82, 2.24) is 9.21 Å². The van der Waals surface area contributed by atoms with E-state index < -0.39 is 10.0 Å². The molecule has 0 spiro atoms. The normalized spacial score (nSPS) is 15.7. The highest BCUT2D eigenvalue weighted by molar-refractivity contribution is 7.88. The van der Waals surface area contributed by atoms with Crippen molar-refractivity contribution in [3.8, 4) is 5.75 Å². The van der Waals surface area contributed by atoms with Crippen molar-refractivity contribution in [2.24, 2.45) is 0 Å². The Balaban J connectivity index is 1.84. The van der Waals surface area contributed by atoms with Crippen LogP contribution in [-0.4, -0.2) is 56.5 Å². The average Bonchev–Trinajstić information content (AvgIpc) is 3.06. The zero-order valence-electron chi connectivity index (χ0n) is 14.6. The highest BCUT2D eigenvalue weighted by Crippen LogP contribution is 2.22. The number of ether oxygens (including phenoxy) is 1. The van der Waals surface area contributed by atoms with Gasteiger partial charge in [-0.05, 0) is 30.5 Å². The first kappa shape index (κ1) is 18.7. The van der Waals surface area contributed by atoms with Crippen LogP contribution in [0.15, 0.2) is 24.3 Å². The van der Waals surface area contributed by atoms with Crippen molar-refractivity contribution >= 4 is 15.9 Å². The van der Waals surface area contributed by atoms with E-state index in [4.69, 9.17) is 4.74 Å². The first-order valence-corrected chi connectivity index (χ1v) is 10.0. The molecule has 0 radical (unpaired) electrons. The Morgan fingerprint density at radius 1 is 1.17 bits per heavy atom. The number of carbonyl (C=O) groups is 1. The van der Waals surface area contributed by atoms with Crippen molar-refractivity contribution in [1.29, 1.82) is 0 Å². The van der Waals surface area contributed by atoms with Crippen molar-refractivity contribution in [2.45, 2.75) is 38.3 Å². The van der Waals surface area contributed by atoms with E-state index in [2.05, 4.69) is 0 Å². The molecule has 0 atom stereocenters. The Labute approximate surface area is 144 Å². The lowest BCUT2D eigenvalue weighted by Crippen LogP contribution is -2.38. The third-order valence-electron chi connectivity index (χ3n) is 4.52. The van der Waals surface area contributed by atoms with Crippen LogP contribution in [-0.2, 0) is 21.4 Å². The van der Waals surface area contributed by atoms with Gasteiger partial charge in [0.05, 0.1) is 6.26 Å². The molecule has 0 N–H and O–H groups in total. The lowest BCUT2D eigenvalue weighted by Gasteiger charge is -2.24. The minimum atomic E-state index is -3.20. The molecule has 0 heterocycles. The van der Waals surface area contributed by atoms with Gasteiger partial charge in [-0.3, -0.25) is 4.79 Å². The van der Waals surface area contributed by atoms with Gasteiger partial charge in [-0.2, -0.15) is 0 Å². The highest BCUT2D eigenvalue weighted by Gasteiger charge is 2.23. The smallest absolute Gasteiger partial charge is 0.260 e. The van der Waals surface area contributed by atoms with E-state index in [9.17, 15) is 13.2 Å². The second kappa shape index (κ2) is 7.98. The maximum atomic E-state index is 12.2. The van der Waals surface area contributed by atoms with Gasteiger partial charge in [-0.15, -0.1) is 0 Å². The van der Waals surface area contributed by atoms with Crippen molar-refractivity contribution < 1.29 is 17.9 Å². The number of benzene rings is 1. The number of amides is 1. The first-order chi connectivity index (χ1) is 11.3. The van der Waals surface area contributed by atoms with Gasteiger partial charge in [0, 0.05) is 26.7 Å². The average molecular weight is 354 g/mol. The van der Waals surface area contributed by atoms with Gasteiger partial charge in [-0.1, -0.05) is 25.0 Å². The molecule has 7 heteroatoms. The van der Waals surface area contributed by atoms with Crippen LogP contribution in [0.3, 0.4) is 0 Å². The number of likely N-dealkylation sites (N-methyl/N-ethyl adjacent to an activating group) is 1. The minimum absolute atomic E-state index is 0.0113. The summed E-state index contributed by atoms with van der Waals surface area (Å²) in [6, 6.07) is 7.47. The van der Waals surface area contributed by atoms with E-state index in [1.165, 1.54) is 30.5 Å². The van der Waals surface area contributed by atoms with E-state index >= 15 is 0 Å². The summed E-state index contributed by atoms with van der Waals surface area (Å²) in [6.07, 6.45) is 5.70. The zero-order valence-corrected chi connectivity index (χ0v) is 15.4. The molecular weight excluding hydrogens is 328 g/mol. The minimum Gasteiger partial charge on any atom is -0.484 e. The van der Waals surface area contributed by atoms with Gasteiger partial charge in [-0.25, -0.2) is 12.7 Å². The molecule has 0 aliphatic heterocycles. The fourth-order valence-corrected chi connectivity index (χ4v) is 3.19. The maximum Gasteiger partial charge on any atom is 0.260 e. The zero-order chi connectivity index (χ0) is 17.7. The second-order valence-electron chi connectivity index (χ2n) is 6.39. The standard InChI is InChI=1S/C17H26N2O4S/c1-18(24(3,21)22)12-14-8-10-16(11-9-14)23-13-17(20)19(2)15-6-4-5-7-15/h8-11,15H,4-7,12-13H2,1-3H3. The molecule has 1 amide bonds. The van der Waals surface area contributed by atoms with Crippen LogP contribution in [0.1, 0.15) is 31.2 Å². The fourth-order valence-electron chi connectivity index (χ4n) is 2.81. The molecule has 2 rings (SSSR count). The predicted octanol–water partition coefficient (Wildman–Crippen LogP) is 1.86. The van der Waals surface area contributed by atoms with E-state index in [-0.39, 0.29) is 12.5 Å². The molecule has 6 nitrogen and oxygen atoms in total. The van der Waals surface area contributed by atoms with Crippen LogP contribution < -0.4 is 4.74 Å². The van der Waals surface area contributed by atoms with Crippen LogP contribution in [0.4, 0.5) is 0 Å². The molecule has 24 heavy (non-hydrogen) atoms. The van der Waals surface area contributed by atoms with E-state index in [1.807, 2.05) is 19.2 Å². The largest absolute Gasteiger partial charge is 0.484 e. The molecule has 134 valence electrons. The highest BCUT2D eigenvalue weighted by atomic mass is 32.2. The van der Waals surface area contributed by atoms with Gasteiger partial charge < -0.3 is 9.64 Å². The molecule has 1 aliphatic rings. The van der Waals surface area contributed by atoms with Gasteiger partial charge in [0.15, 0.2) is 6.61 Å². The molecule has 0 bridgehead atoms. The number of sulfonamides is 1. The Kier molecular flexibility index (Phi) is 6.23. The Morgan fingerprint density at radius 3 is 2.29 bits per heavy atom. The van der Waals surface area contributed by atoms with E-state index in [0.717, 1.165) is 18.4 Å². The molecule has 1 fully saturated rings. The lowest BCUT2D eigenvalue weighted by molar-refractivity contribution is -0.134. The summed E-state index contributed by atoms with van der Waals surface area (Å²) in [5.74, 6) is 0.594. The maximum absolute atomic E-state index is 12.2. The summed E-state index contributed by atoms with van der Waals surface area (Å²) < 4.78 is 29.7. The monoisotopic (exact) mass is 354 g/mol. The number of nitrogens with zero attached hydrogens (tertiary/aromatic N) is 2. The van der Waals surface area contributed by atoms with Crippen LogP contribution in [0, 0.1) is 0 Å². The van der Waals surface area contributed by atoms with Crippen LogP contribution in [0.2, 0.25) is 0 Å². The molecule has 1 aliphatic carbocycles. The van der Waals surface area contributed by atoms with Crippen LogP contribution in [0.5, 0.6) is 5.75 Å². The number of hydrogen-bond acceptors (Lipinski definition) is 4. The Morgan fingerprint density at radius 2 is 1.75 bits per heavy atom. The molecule has 0 aromatic heterocycles. The molecule has 0 saturated heterocycles. The third-order valence-corrected chi connectivity index (χ3v) is 5.78. The second-order valence-corrected chi connectivity index (χ2v) is 8.48. The Hall–Kier alpha value is -1.60. The number of hydrogen-bond donors (Lipinski definition) is 0. The number of rotatable bonds is 7. The SMILES string of the molecule is CN(C(=O)COc1ccc(CN(C)S(C)(=O)=O)cc1)C1CCCC1. The summed E-state index contributed by atoms with van der Waals surface area (Å²) in [6.45, 7) is 0.331. The van der Waals surface area contributed by atoms with Crippen LogP contribution in [0.25, 0.3) is 0 Å². The summed E-state index contributed by atoms with van der Waals surface area (Å²) in [4.78, 5) is 13.9. The fraction of sp³-hybridized carbons (Fsp3) is 0.588. The van der Waals surface area contributed by atoms with Gasteiger partial charge in [0.1, 0.15) is 5.75 Å². The van der Waals surface area contributed by atoms with Gasteiger partial charge >= 0.3 is 0 Å². The van der Waals surface area contributed by atoms with Crippen molar-refractivity contribution in [3.63, 3.8) is 0 Å². The summed E-state index contributed by atoms with van der Waals surface area (Å²) in [5, 5.41) is 0. The quantitative estimate of drug-likeness (QED) is 0.750. The summed E-state index contributed by atoms with van der Waals surface area (Å²) in [7, 11) is 0.180. The van der Waals surface area contributed by atoms with Crippen molar-refractivity contribution in [3.05, 3.63) is 29.8 Å². The first-order valence-electron chi connectivity index (χ1n) is 8.16. The third kappa shape index (κ3) is 5.21.